The summed E-state index contributed by atoms with van der Waals surface area (Å²) in [5, 5.41) is 0. The Balaban J connectivity index is 1.88. The molecule has 0 aliphatic carbocycles. The van der Waals surface area contributed by atoms with Crippen molar-refractivity contribution in [1.29, 1.82) is 0 Å². The fourth-order valence-electron chi connectivity index (χ4n) is 2.55. The van der Waals surface area contributed by atoms with Crippen molar-refractivity contribution >= 4 is 21.8 Å². The van der Waals surface area contributed by atoms with Gasteiger partial charge in [-0.15, -0.1) is 4.40 Å². The first-order valence-corrected chi connectivity index (χ1v) is 7.88. The van der Waals surface area contributed by atoms with Crippen molar-refractivity contribution in [3.05, 3.63) is 29.8 Å². The topological polar surface area (TPSA) is 70.1 Å². The molecule has 1 amide bonds. The quantitative estimate of drug-likeness (QED) is 0.690. The number of nitrogens with zero attached hydrogens (tertiary/aromatic N) is 3. The van der Waals surface area contributed by atoms with E-state index in [0.29, 0.717) is 37.6 Å². The molecule has 0 unspecified atom stereocenters. The maximum atomic E-state index is 12.0. The van der Waals surface area contributed by atoms with E-state index in [2.05, 4.69) is 4.40 Å². The second-order valence-electron chi connectivity index (χ2n) is 4.88. The highest BCUT2D eigenvalue weighted by molar-refractivity contribution is 7.90. The highest BCUT2D eigenvalue weighted by Gasteiger charge is 2.33. The summed E-state index contributed by atoms with van der Waals surface area (Å²) in [6, 6.07) is 6.85. The Labute approximate surface area is 117 Å². The van der Waals surface area contributed by atoms with E-state index in [9.17, 15) is 13.2 Å². The minimum Gasteiger partial charge on any atom is -0.352 e. The van der Waals surface area contributed by atoms with Crippen LogP contribution in [0.2, 0.25) is 0 Å². The normalized spacial score (nSPS) is 20.6. The van der Waals surface area contributed by atoms with Gasteiger partial charge in [0.05, 0.1) is 0 Å². The molecule has 3 rings (SSSR count). The van der Waals surface area contributed by atoms with Crippen molar-refractivity contribution < 1.29 is 13.2 Å². The van der Waals surface area contributed by atoms with Gasteiger partial charge < -0.3 is 9.80 Å². The van der Waals surface area contributed by atoms with E-state index in [0.717, 1.165) is 0 Å². The van der Waals surface area contributed by atoms with Crippen LogP contribution in [-0.2, 0) is 14.8 Å². The first kappa shape index (κ1) is 13.1. The van der Waals surface area contributed by atoms with Crippen LogP contribution in [0.1, 0.15) is 12.5 Å². The van der Waals surface area contributed by atoms with Gasteiger partial charge in [0.1, 0.15) is 4.90 Å². The van der Waals surface area contributed by atoms with Crippen LogP contribution in [0.5, 0.6) is 0 Å². The van der Waals surface area contributed by atoms with Gasteiger partial charge in [0.15, 0.2) is 5.84 Å². The van der Waals surface area contributed by atoms with Gasteiger partial charge in [-0.1, -0.05) is 12.1 Å². The Morgan fingerprint density at radius 3 is 2.45 bits per heavy atom. The number of amidine groups is 1. The molecule has 0 saturated carbocycles. The summed E-state index contributed by atoms with van der Waals surface area (Å²) in [7, 11) is -3.57. The third-order valence-corrected chi connectivity index (χ3v) is 4.96. The standard InChI is InChI=1S/C13H15N3O3S/c1-10(17)15-6-8-16(9-7-15)13-11-4-2-3-5-12(11)20(18,19)14-13/h2-5H,6-9H2,1H3. The molecule has 1 aromatic carbocycles. The molecule has 0 spiro atoms. The van der Waals surface area contributed by atoms with E-state index in [4.69, 9.17) is 0 Å². The molecule has 20 heavy (non-hydrogen) atoms. The van der Waals surface area contributed by atoms with Crippen LogP contribution in [0.3, 0.4) is 0 Å². The van der Waals surface area contributed by atoms with E-state index in [1.807, 2.05) is 4.90 Å². The molecule has 0 atom stereocenters. The maximum absolute atomic E-state index is 12.0. The van der Waals surface area contributed by atoms with Crippen LogP contribution in [-0.4, -0.2) is 56.1 Å². The summed E-state index contributed by atoms with van der Waals surface area (Å²) in [5.41, 5.74) is 0.656. The lowest BCUT2D eigenvalue weighted by atomic mass is 10.1. The van der Waals surface area contributed by atoms with Crippen LogP contribution in [0.15, 0.2) is 33.6 Å². The number of amides is 1. The molecular weight excluding hydrogens is 278 g/mol. The summed E-state index contributed by atoms with van der Waals surface area (Å²) >= 11 is 0. The molecule has 0 radical (unpaired) electrons. The van der Waals surface area contributed by atoms with Gasteiger partial charge in [-0.2, -0.15) is 8.42 Å². The summed E-state index contributed by atoms with van der Waals surface area (Å²) in [6.07, 6.45) is 0. The molecule has 0 aromatic heterocycles. The van der Waals surface area contributed by atoms with Crippen LogP contribution < -0.4 is 0 Å². The summed E-state index contributed by atoms with van der Waals surface area (Å²) in [6.45, 7) is 3.93. The third-order valence-electron chi connectivity index (χ3n) is 3.64. The predicted molar refractivity (Wildman–Crippen MR) is 74.0 cm³/mol. The minimum absolute atomic E-state index is 0.0473. The Hall–Kier alpha value is -1.89. The SMILES string of the molecule is CC(=O)N1CCN(C2=NS(=O)(=O)c3ccccc32)CC1. The minimum atomic E-state index is -3.57. The van der Waals surface area contributed by atoms with Crippen LogP contribution in [0.25, 0.3) is 0 Å². The lowest BCUT2D eigenvalue weighted by molar-refractivity contribution is -0.130. The number of carbonyl (C=O) groups excluding carboxylic acids is 1. The van der Waals surface area contributed by atoms with Crippen LogP contribution in [0.4, 0.5) is 0 Å². The monoisotopic (exact) mass is 293 g/mol. The molecule has 2 aliphatic rings. The zero-order chi connectivity index (χ0) is 14.3. The molecule has 0 N–H and O–H groups in total. The van der Waals surface area contributed by atoms with Crippen LogP contribution in [0, 0.1) is 0 Å². The summed E-state index contributed by atoms with van der Waals surface area (Å²) in [5.74, 6) is 0.551. The Morgan fingerprint density at radius 2 is 1.80 bits per heavy atom. The Kier molecular flexibility index (Phi) is 3.01. The third kappa shape index (κ3) is 2.07. The predicted octanol–water partition coefficient (Wildman–Crippen LogP) is 0.300. The van der Waals surface area contributed by atoms with Crippen LogP contribution >= 0.6 is 0 Å². The molecular formula is C13H15N3O3S. The first-order chi connectivity index (χ1) is 9.49. The molecule has 0 bridgehead atoms. The molecule has 7 heteroatoms. The highest BCUT2D eigenvalue weighted by atomic mass is 32.2. The van der Waals surface area contributed by atoms with E-state index < -0.39 is 10.0 Å². The van der Waals surface area contributed by atoms with Crippen molar-refractivity contribution in [1.82, 2.24) is 9.80 Å². The number of piperazine rings is 1. The van der Waals surface area contributed by atoms with Gasteiger partial charge in [-0.3, -0.25) is 4.79 Å². The second-order valence-corrected chi connectivity index (χ2v) is 6.45. The fourth-order valence-corrected chi connectivity index (χ4v) is 3.78. The van der Waals surface area contributed by atoms with Gasteiger partial charge >= 0.3 is 0 Å². The summed E-state index contributed by atoms with van der Waals surface area (Å²) < 4.78 is 27.9. The zero-order valence-electron chi connectivity index (χ0n) is 11.1. The lowest BCUT2D eigenvalue weighted by Gasteiger charge is -2.35. The Bertz CT molecular complexity index is 689. The number of hydrogen-bond donors (Lipinski definition) is 0. The number of benzene rings is 1. The largest absolute Gasteiger partial charge is 0.352 e. The molecule has 1 aromatic rings. The van der Waals surface area contributed by atoms with Gasteiger partial charge in [-0.05, 0) is 12.1 Å². The van der Waals surface area contributed by atoms with Gasteiger partial charge in [0, 0.05) is 38.7 Å². The van der Waals surface area contributed by atoms with Gasteiger partial charge in [0.25, 0.3) is 10.0 Å². The first-order valence-electron chi connectivity index (χ1n) is 6.44. The number of carbonyl (C=O) groups is 1. The van der Waals surface area contributed by atoms with E-state index in [1.54, 1.807) is 36.1 Å². The molecule has 2 heterocycles. The lowest BCUT2D eigenvalue weighted by Crippen LogP contribution is -2.50. The zero-order valence-corrected chi connectivity index (χ0v) is 11.9. The summed E-state index contributed by atoms with van der Waals surface area (Å²) in [4.78, 5) is 15.3. The van der Waals surface area contributed by atoms with Gasteiger partial charge in [0.2, 0.25) is 5.91 Å². The number of sulfonamides is 1. The number of fused-ring (bicyclic) bond motifs is 1. The van der Waals surface area contributed by atoms with Crippen molar-refractivity contribution in [2.24, 2.45) is 4.40 Å². The average Bonchev–Trinajstić information content (AvgIpc) is 2.72. The van der Waals surface area contributed by atoms with Crippen molar-refractivity contribution in [2.75, 3.05) is 26.2 Å². The molecule has 6 nitrogen and oxygen atoms in total. The molecule has 1 saturated heterocycles. The van der Waals surface area contributed by atoms with E-state index in [1.165, 1.54) is 0 Å². The maximum Gasteiger partial charge on any atom is 0.285 e. The van der Waals surface area contributed by atoms with Crippen molar-refractivity contribution in [3.63, 3.8) is 0 Å². The Morgan fingerprint density at radius 1 is 1.15 bits per heavy atom. The average molecular weight is 293 g/mol. The fraction of sp³-hybridized carbons (Fsp3) is 0.385. The highest BCUT2D eigenvalue weighted by Crippen LogP contribution is 2.27. The molecule has 2 aliphatic heterocycles. The van der Waals surface area contributed by atoms with Crippen molar-refractivity contribution in [3.8, 4) is 0 Å². The molecule has 106 valence electrons. The molecule has 1 fully saturated rings. The number of hydrogen-bond acceptors (Lipinski definition) is 4. The number of rotatable bonds is 0. The second kappa shape index (κ2) is 4.59. The van der Waals surface area contributed by atoms with E-state index >= 15 is 0 Å². The van der Waals surface area contributed by atoms with E-state index in [-0.39, 0.29) is 10.8 Å². The smallest absolute Gasteiger partial charge is 0.285 e. The van der Waals surface area contributed by atoms with Crippen molar-refractivity contribution in [2.45, 2.75) is 11.8 Å². The van der Waals surface area contributed by atoms with Gasteiger partial charge in [-0.25, -0.2) is 0 Å².